The molecule has 0 radical (unpaired) electrons. The summed E-state index contributed by atoms with van der Waals surface area (Å²) >= 11 is 0. The maximum absolute atomic E-state index is 12.0. The summed E-state index contributed by atoms with van der Waals surface area (Å²) in [5.41, 5.74) is 5.40. The van der Waals surface area contributed by atoms with Crippen molar-refractivity contribution >= 4 is 5.97 Å². The Kier molecular flexibility index (Phi) is 8.00. The van der Waals surface area contributed by atoms with Crippen LogP contribution in [0.2, 0.25) is 0 Å². The first-order valence-corrected chi connectivity index (χ1v) is 13.9. The summed E-state index contributed by atoms with van der Waals surface area (Å²) in [6, 6.07) is 19.8. The van der Waals surface area contributed by atoms with Gasteiger partial charge in [-0.1, -0.05) is 24.3 Å². The van der Waals surface area contributed by atoms with Crippen molar-refractivity contribution in [3.05, 3.63) is 95.3 Å². The van der Waals surface area contributed by atoms with Crippen LogP contribution in [0.5, 0.6) is 11.5 Å². The van der Waals surface area contributed by atoms with Gasteiger partial charge in [0.1, 0.15) is 12.4 Å². The zero-order valence-electron chi connectivity index (χ0n) is 23.2. The second-order valence-electron chi connectivity index (χ2n) is 10.4. The third-order valence-electron chi connectivity index (χ3n) is 7.60. The van der Waals surface area contributed by atoms with E-state index in [1.807, 2.05) is 42.7 Å². The summed E-state index contributed by atoms with van der Waals surface area (Å²) in [6.07, 6.45) is 3.80. The Balaban J connectivity index is 1.43. The van der Waals surface area contributed by atoms with Gasteiger partial charge in [-0.15, -0.1) is 0 Å². The molecule has 3 aromatic carbocycles. The molecule has 2 aliphatic heterocycles. The van der Waals surface area contributed by atoms with Gasteiger partial charge >= 0.3 is 5.97 Å². The normalized spacial score (nSPS) is 16.0. The van der Waals surface area contributed by atoms with Gasteiger partial charge in [0, 0.05) is 62.9 Å². The number of aromatic carboxylic acids is 1. The number of rotatable bonds is 6. The number of nitrogens with zero attached hydrogens (tertiary/aromatic N) is 4. The number of benzene rings is 3. The number of ether oxygens (including phenoxy) is 3. The van der Waals surface area contributed by atoms with Crippen LogP contribution in [0, 0.1) is 0 Å². The number of imidazole rings is 1. The molecule has 9 heteroatoms. The van der Waals surface area contributed by atoms with Gasteiger partial charge < -0.3 is 19.3 Å². The fraction of sp³-hybridized carbons (Fsp3) is 0.312. The van der Waals surface area contributed by atoms with Gasteiger partial charge in [-0.05, 0) is 53.1 Å². The van der Waals surface area contributed by atoms with Crippen molar-refractivity contribution in [3.8, 4) is 28.6 Å². The number of morpholine rings is 1. The van der Waals surface area contributed by atoms with Gasteiger partial charge in [-0.3, -0.25) is 14.4 Å². The van der Waals surface area contributed by atoms with Gasteiger partial charge in [0.15, 0.2) is 11.5 Å². The van der Waals surface area contributed by atoms with Crippen molar-refractivity contribution in [2.24, 2.45) is 0 Å². The molecule has 0 atom stereocenters. The Morgan fingerprint density at radius 3 is 2.63 bits per heavy atom. The lowest BCUT2D eigenvalue weighted by Gasteiger charge is -2.27. The molecule has 0 amide bonds. The molecule has 3 heterocycles. The van der Waals surface area contributed by atoms with Crippen LogP contribution in [0.4, 0.5) is 0 Å². The van der Waals surface area contributed by atoms with Gasteiger partial charge in [0.05, 0.1) is 25.9 Å². The van der Waals surface area contributed by atoms with Gasteiger partial charge in [0.2, 0.25) is 0 Å². The highest BCUT2D eigenvalue weighted by molar-refractivity contribution is 5.89. The molecule has 1 saturated heterocycles. The van der Waals surface area contributed by atoms with Crippen molar-refractivity contribution in [1.29, 1.82) is 0 Å². The van der Waals surface area contributed by atoms with Crippen LogP contribution in [0.1, 0.15) is 27.0 Å². The third-order valence-corrected chi connectivity index (χ3v) is 7.60. The minimum absolute atomic E-state index is 0.315. The molecule has 0 saturated carbocycles. The molecule has 1 fully saturated rings. The quantitative estimate of drug-likeness (QED) is 0.374. The molecular formula is C32H34N4O5. The predicted octanol–water partition coefficient (Wildman–Crippen LogP) is 4.47. The molecule has 0 unspecified atom stereocenters. The highest BCUT2D eigenvalue weighted by Gasteiger charge is 2.19. The molecule has 0 aliphatic carbocycles. The topological polar surface area (TPSA) is 89.3 Å². The van der Waals surface area contributed by atoms with E-state index in [0.29, 0.717) is 43.3 Å². The summed E-state index contributed by atoms with van der Waals surface area (Å²) < 4.78 is 19.5. The zero-order valence-corrected chi connectivity index (χ0v) is 23.2. The Hall–Kier alpha value is -4.18. The summed E-state index contributed by atoms with van der Waals surface area (Å²) in [5.74, 6) is 1.19. The largest absolute Gasteiger partial charge is 0.493 e. The minimum Gasteiger partial charge on any atom is -0.493 e. The van der Waals surface area contributed by atoms with Crippen LogP contribution in [-0.2, 0) is 24.4 Å². The van der Waals surface area contributed by atoms with E-state index in [0.717, 1.165) is 61.1 Å². The SMILES string of the molecule is COc1ccc2cc1OCCN(Cc1ccccc1C(=O)O)Cc1cc(CN3CCOCC3)cc(c1)-n1ccnc1-2. The number of carboxylic acid groups (broad SMARTS) is 1. The number of methoxy groups -OCH3 is 1. The Morgan fingerprint density at radius 2 is 1.80 bits per heavy atom. The molecule has 212 valence electrons. The van der Waals surface area contributed by atoms with Gasteiger partial charge in [0.25, 0.3) is 0 Å². The maximum atomic E-state index is 12.0. The van der Waals surface area contributed by atoms with E-state index >= 15 is 0 Å². The van der Waals surface area contributed by atoms with E-state index in [2.05, 4.69) is 32.6 Å². The first kappa shape index (κ1) is 27.0. The fourth-order valence-electron chi connectivity index (χ4n) is 5.60. The number of fused-ring (bicyclic) bond motifs is 7. The van der Waals surface area contributed by atoms with E-state index in [-0.39, 0.29) is 0 Å². The fourth-order valence-corrected chi connectivity index (χ4v) is 5.60. The molecule has 4 bridgehead atoms. The van der Waals surface area contributed by atoms with Crippen molar-refractivity contribution in [1.82, 2.24) is 19.4 Å². The van der Waals surface area contributed by atoms with Gasteiger partial charge in [-0.2, -0.15) is 0 Å². The molecule has 2 aliphatic rings. The first-order valence-electron chi connectivity index (χ1n) is 13.9. The zero-order chi connectivity index (χ0) is 28.2. The highest BCUT2D eigenvalue weighted by Crippen LogP contribution is 2.34. The lowest BCUT2D eigenvalue weighted by atomic mass is 10.0. The minimum atomic E-state index is -0.924. The predicted molar refractivity (Wildman–Crippen MR) is 155 cm³/mol. The summed E-state index contributed by atoms with van der Waals surface area (Å²) in [4.78, 5) is 21.3. The van der Waals surface area contributed by atoms with E-state index in [9.17, 15) is 9.90 Å². The van der Waals surface area contributed by atoms with Crippen LogP contribution >= 0.6 is 0 Å². The molecule has 0 spiro atoms. The Morgan fingerprint density at radius 1 is 0.976 bits per heavy atom. The van der Waals surface area contributed by atoms with Crippen molar-refractivity contribution in [2.75, 3.05) is 46.6 Å². The lowest BCUT2D eigenvalue weighted by Crippen LogP contribution is -2.35. The first-order chi connectivity index (χ1) is 20.1. The van der Waals surface area contributed by atoms with E-state index < -0.39 is 5.97 Å². The number of carboxylic acids is 1. The van der Waals surface area contributed by atoms with Crippen LogP contribution in [0.15, 0.2) is 73.1 Å². The standard InChI is InChI=1S/C32H34N4O5/c1-39-29-7-6-25-19-30(29)41-15-12-35(22-26-4-2-3-5-28(26)32(37)38)21-24-16-23(20-34-10-13-40-14-11-34)17-27(18-24)36-9-8-33-31(25)36/h2-9,16-19H,10-15,20-22H2,1H3,(H,37,38). The van der Waals surface area contributed by atoms with Crippen molar-refractivity contribution in [3.63, 3.8) is 0 Å². The smallest absolute Gasteiger partial charge is 0.336 e. The number of aromatic nitrogens is 2. The lowest BCUT2D eigenvalue weighted by molar-refractivity contribution is 0.0342. The average Bonchev–Trinajstić information content (AvgIpc) is 3.48. The molecule has 4 aromatic rings. The Labute approximate surface area is 239 Å². The summed E-state index contributed by atoms with van der Waals surface area (Å²) in [6.45, 7) is 6.22. The monoisotopic (exact) mass is 554 g/mol. The second kappa shape index (κ2) is 12.1. The van der Waals surface area contributed by atoms with E-state index in [4.69, 9.17) is 19.2 Å². The Bertz CT molecular complexity index is 1530. The van der Waals surface area contributed by atoms with Crippen LogP contribution < -0.4 is 9.47 Å². The van der Waals surface area contributed by atoms with E-state index in [1.54, 1.807) is 19.2 Å². The van der Waals surface area contributed by atoms with Crippen molar-refractivity contribution < 1.29 is 24.1 Å². The molecular weight excluding hydrogens is 520 g/mol. The molecule has 9 nitrogen and oxygen atoms in total. The molecule has 6 rings (SSSR count). The van der Waals surface area contributed by atoms with Crippen molar-refractivity contribution in [2.45, 2.75) is 19.6 Å². The highest BCUT2D eigenvalue weighted by atomic mass is 16.5. The summed E-state index contributed by atoms with van der Waals surface area (Å²) in [7, 11) is 1.63. The molecule has 41 heavy (non-hydrogen) atoms. The van der Waals surface area contributed by atoms with Crippen LogP contribution in [0.25, 0.3) is 17.1 Å². The molecule has 1 aromatic heterocycles. The van der Waals surface area contributed by atoms with Crippen LogP contribution in [-0.4, -0.2) is 77.0 Å². The third kappa shape index (κ3) is 6.12. The second-order valence-corrected chi connectivity index (χ2v) is 10.4. The summed E-state index contributed by atoms with van der Waals surface area (Å²) in [5, 5.41) is 9.81. The number of hydrogen-bond donors (Lipinski definition) is 1. The van der Waals surface area contributed by atoms with Crippen LogP contribution in [0.3, 0.4) is 0 Å². The maximum Gasteiger partial charge on any atom is 0.336 e. The number of carbonyl (C=O) groups is 1. The van der Waals surface area contributed by atoms with Gasteiger partial charge in [-0.25, -0.2) is 9.78 Å². The average molecular weight is 555 g/mol. The van der Waals surface area contributed by atoms with E-state index in [1.165, 1.54) is 5.56 Å². The number of hydrogen-bond acceptors (Lipinski definition) is 7. The molecule has 1 N–H and O–H groups in total.